The lowest BCUT2D eigenvalue weighted by molar-refractivity contribution is 0.667. The van der Waals surface area contributed by atoms with Crippen molar-refractivity contribution in [1.29, 1.82) is 0 Å². The van der Waals surface area contributed by atoms with Crippen LogP contribution in [0.3, 0.4) is 0 Å². The molecule has 0 fully saturated rings. The molecule has 0 amide bonds. The maximum atomic E-state index is 6.57. The van der Waals surface area contributed by atoms with Crippen LogP contribution in [0.15, 0.2) is 234 Å². The molecule has 1 unspecified atom stereocenters. The third-order valence-electron chi connectivity index (χ3n) is 11.5. The number of fused-ring (bicyclic) bond motifs is 3. The van der Waals surface area contributed by atoms with Crippen LogP contribution in [0.2, 0.25) is 0 Å². The molecule has 1 aliphatic heterocycles. The molecule has 0 radical (unpaired) electrons. The molecule has 3 heterocycles. The van der Waals surface area contributed by atoms with Gasteiger partial charge in [0.15, 0.2) is 0 Å². The molecule has 4 heteroatoms. The summed E-state index contributed by atoms with van der Waals surface area (Å²) in [4.78, 5) is 11.1. The molecule has 1 aliphatic rings. The molecule has 2 aromatic heterocycles. The van der Waals surface area contributed by atoms with E-state index in [9.17, 15) is 0 Å². The summed E-state index contributed by atoms with van der Waals surface area (Å²) >= 11 is 0. The lowest BCUT2D eigenvalue weighted by Gasteiger charge is -2.25. The molecular formula is C57H39N3O. The van der Waals surface area contributed by atoms with Crippen molar-refractivity contribution in [1.82, 2.24) is 10.3 Å². The van der Waals surface area contributed by atoms with Crippen LogP contribution in [-0.4, -0.2) is 10.8 Å². The molecule has 1 atom stereocenters. The van der Waals surface area contributed by atoms with E-state index in [1.165, 1.54) is 0 Å². The van der Waals surface area contributed by atoms with E-state index in [4.69, 9.17) is 14.4 Å². The van der Waals surface area contributed by atoms with Gasteiger partial charge in [0.2, 0.25) is 0 Å². The van der Waals surface area contributed by atoms with Crippen molar-refractivity contribution in [2.24, 2.45) is 4.99 Å². The molecule has 0 saturated heterocycles. The van der Waals surface area contributed by atoms with Crippen molar-refractivity contribution < 1.29 is 4.42 Å². The topological polar surface area (TPSA) is 50.4 Å². The van der Waals surface area contributed by atoms with Crippen molar-refractivity contribution in [3.63, 3.8) is 0 Å². The second-order valence-corrected chi connectivity index (χ2v) is 15.3. The van der Waals surface area contributed by atoms with E-state index in [-0.39, 0.29) is 6.04 Å². The number of benzene rings is 8. The lowest BCUT2D eigenvalue weighted by atomic mass is 9.82. The van der Waals surface area contributed by atoms with E-state index in [0.717, 1.165) is 106 Å². The van der Waals surface area contributed by atoms with Gasteiger partial charge < -0.3 is 9.73 Å². The number of hydrogen-bond acceptors (Lipinski definition) is 4. The smallest absolute Gasteiger partial charge is 0.144 e. The average Bonchev–Trinajstić information content (AvgIpc) is 3.74. The van der Waals surface area contributed by atoms with Crippen molar-refractivity contribution in [3.8, 4) is 55.9 Å². The number of nitrogens with one attached hydrogen (secondary N) is 1. The highest BCUT2D eigenvalue weighted by atomic mass is 16.3. The summed E-state index contributed by atoms with van der Waals surface area (Å²) in [6, 6.07) is 76.2. The molecule has 10 aromatic rings. The summed E-state index contributed by atoms with van der Waals surface area (Å²) < 4.78 is 6.57. The van der Waals surface area contributed by atoms with Gasteiger partial charge >= 0.3 is 0 Å². The summed E-state index contributed by atoms with van der Waals surface area (Å²) in [7, 11) is 0. The summed E-state index contributed by atoms with van der Waals surface area (Å²) in [6.45, 7) is 0. The maximum absolute atomic E-state index is 6.57. The minimum absolute atomic E-state index is 0.310. The molecule has 11 rings (SSSR count). The van der Waals surface area contributed by atoms with Crippen LogP contribution in [0.1, 0.15) is 22.7 Å². The fourth-order valence-corrected chi connectivity index (χ4v) is 8.70. The Morgan fingerprint density at radius 3 is 1.51 bits per heavy atom. The molecule has 8 aromatic carbocycles. The first kappa shape index (κ1) is 36.0. The van der Waals surface area contributed by atoms with E-state index < -0.39 is 0 Å². The van der Waals surface area contributed by atoms with Crippen LogP contribution in [0.5, 0.6) is 0 Å². The van der Waals surface area contributed by atoms with E-state index >= 15 is 0 Å². The Kier molecular flexibility index (Phi) is 9.21. The number of pyridine rings is 1. The highest BCUT2D eigenvalue weighted by Gasteiger charge is 2.27. The number of para-hydroxylation sites is 2. The Hall–Kier alpha value is -8.08. The van der Waals surface area contributed by atoms with Gasteiger partial charge in [0.25, 0.3) is 0 Å². The number of nitrogens with zero attached hydrogens (tertiary/aromatic N) is 2. The van der Waals surface area contributed by atoms with Gasteiger partial charge in [0.05, 0.1) is 17.4 Å². The molecule has 1 N–H and O–H groups in total. The number of aromatic nitrogens is 1. The zero-order valence-electron chi connectivity index (χ0n) is 33.2. The molecule has 0 aliphatic carbocycles. The van der Waals surface area contributed by atoms with Gasteiger partial charge in [-0.1, -0.05) is 200 Å². The first-order valence-electron chi connectivity index (χ1n) is 20.7. The van der Waals surface area contributed by atoms with Crippen molar-refractivity contribution in [3.05, 3.63) is 241 Å². The quantitative estimate of drug-likeness (QED) is 0.167. The lowest BCUT2D eigenvalue weighted by Crippen LogP contribution is -2.27. The minimum Gasteiger partial charge on any atom is -0.455 e. The van der Waals surface area contributed by atoms with Gasteiger partial charge in [0.1, 0.15) is 17.0 Å². The number of furan rings is 1. The van der Waals surface area contributed by atoms with E-state index in [1.54, 1.807) is 0 Å². The molecule has 0 bridgehead atoms. The monoisotopic (exact) mass is 781 g/mol. The Morgan fingerprint density at radius 1 is 0.410 bits per heavy atom. The van der Waals surface area contributed by atoms with Gasteiger partial charge in [-0.15, -0.1) is 0 Å². The number of aliphatic imine (C=N–C) groups is 1. The Balaban J connectivity index is 1.18. The standard InChI is InChI=1S/C57H39N3O/c1-6-20-38(21-7-1)52-51(53(39-22-8-2-9-23-39)55(41-26-12-4-13-27-41)60-54(52)40-24-10-3-11-25-40)44-31-18-30-43(36-44)48-37-49(59-57(58-48)42-28-14-5-15-29-42)47-34-19-33-46-45-32-16-17-35-50(45)61-56(46)47/h1-37,48H,(H,58,59). The number of amidine groups is 1. The van der Waals surface area contributed by atoms with Crippen LogP contribution in [-0.2, 0) is 0 Å². The van der Waals surface area contributed by atoms with Crippen molar-refractivity contribution in [2.75, 3.05) is 0 Å². The second kappa shape index (κ2) is 15.6. The maximum Gasteiger partial charge on any atom is 0.144 e. The van der Waals surface area contributed by atoms with Crippen molar-refractivity contribution >= 4 is 33.5 Å². The fraction of sp³-hybridized carbons (Fsp3) is 0.0175. The van der Waals surface area contributed by atoms with Gasteiger partial charge in [-0.3, -0.25) is 4.99 Å². The third kappa shape index (κ3) is 6.70. The minimum atomic E-state index is -0.310. The third-order valence-corrected chi connectivity index (χ3v) is 11.5. The molecule has 4 nitrogen and oxygen atoms in total. The highest BCUT2D eigenvalue weighted by Crippen LogP contribution is 2.49. The summed E-state index contributed by atoms with van der Waals surface area (Å²) in [6.07, 6.45) is 2.24. The van der Waals surface area contributed by atoms with Crippen LogP contribution in [0.4, 0.5) is 0 Å². The predicted octanol–water partition coefficient (Wildman–Crippen LogP) is 14.4. The van der Waals surface area contributed by atoms with Crippen LogP contribution < -0.4 is 5.32 Å². The van der Waals surface area contributed by atoms with Gasteiger partial charge in [-0.2, -0.15) is 0 Å². The second-order valence-electron chi connectivity index (χ2n) is 15.3. The molecule has 0 spiro atoms. The van der Waals surface area contributed by atoms with Crippen molar-refractivity contribution in [2.45, 2.75) is 6.04 Å². The predicted molar refractivity (Wildman–Crippen MR) is 252 cm³/mol. The highest BCUT2D eigenvalue weighted by molar-refractivity contribution is 6.11. The summed E-state index contributed by atoms with van der Waals surface area (Å²) in [5.74, 6) is 0.804. The van der Waals surface area contributed by atoms with E-state index in [2.05, 4.69) is 212 Å². The van der Waals surface area contributed by atoms with Gasteiger partial charge in [0, 0.05) is 55.4 Å². The summed E-state index contributed by atoms with van der Waals surface area (Å²) in [5.41, 5.74) is 16.2. The number of rotatable bonds is 8. The number of hydrogen-bond donors (Lipinski definition) is 1. The van der Waals surface area contributed by atoms with Crippen LogP contribution in [0.25, 0.3) is 83.5 Å². The molecule has 288 valence electrons. The Labute approximate surface area is 354 Å². The van der Waals surface area contributed by atoms with Gasteiger partial charge in [-0.25, -0.2) is 4.98 Å². The molecule has 61 heavy (non-hydrogen) atoms. The van der Waals surface area contributed by atoms with E-state index in [1.807, 2.05) is 18.2 Å². The summed E-state index contributed by atoms with van der Waals surface area (Å²) in [5, 5.41) is 5.91. The Morgan fingerprint density at radius 2 is 0.902 bits per heavy atom. The van der Waals surface area contributed by atoms with Crippen LogP contribution in [0, 0.1) is 0 Å². The molecular weight excluding hydrogens is 743 g/mol. The first-order valence-corrected chi connectivity index (χ1v) is 20.7. The van der Waals surface area contributed by atoms with Crippen LogP contribution >= 0.6 is 0 Å². The zero-order chi connectivity index (χ0) is 40.5. The normalized spacial score (nSPS) is 13.7. The Bertz CT molecular complexity index is 3140. The van der Waals surface area contributed by atoms with E-state index in [0.29, 0.717) is 0 Å². The molecule has 0 saturated carbocycles. The zero-order valence-corrected chi connectivity index (χ0v) is 33.2. The SMILES string of the molecule is C1=C(c2cccc3c2oc2ccccc23)NC(c2ccccc2)=NC1c1cccc(-c2c(-c3ccccc3)c(-c3ccccc3)nc(-c3ccccc3)c2-c2ccccc2)c1. The van der Waals surface area contributed by atoms with Gasteiger partial charge in [-0.05, 0) is 46.5 Å². The fourth-order valence-electron chi connectivity index (χ4n) is 8.70. The average molecular weight is 782 g/mol. The first-order chi connectivity index (χ1) is 30.3. The largest absolute Gasteiger partial charge is 0.455 e.